The fourth-order valence-corrected chi connectivity index (χ4v) is 4.90. The van der Waals surface area contributed by atoms with Gasteiger partial charge in [0.2, 0.25) is 0 Å². The molecule has 2 heterocycles. The van der Waals surface area contributed by atoms with Crippen molar-refractivity contribution in [3.63, 3.8) is 0 Å². The quantitative estimate of drug-likeness (QED) is 0.185. The number of thiophene rings is 1. The molecule has 2 aromatic heterocycles. The number of hydrogen-bond acceptors (Lipinski definition) is 7. The molecule has 28 heavy (non-hydrogen) atoms. The summed E-state index contributed by atoms with van der Waals surface area (Å²) in [4.78, 5) is 30.1. The highest BCUT2D eigenvalue weighted by atomic mass is 32.2. The number of ether oxygens (including phenoxy) is 1. The van der Waals surface area contributed by atoms with Gasteiger partial charge in [0.1, 0.15) is 10.6 Å². The number of allylic oxidation sites excluding steroid dienone is 1. The van der Waals surface area contributed by atoms with Gasteiger partial charge in [-0.05, 0) is 25.5 Å². The van der Waals surface area contributed by atoms with Crippen LogP contribution in [0.25, 0.3) is 10.2 Å². The lowest BCUT2D eigenvalue weighted by Crippen LogP contribution is -2.22. The van der Waals surface area contributed by atoms with Crippen molar-refractivity contribution >= 4 is 39.0 Å². The predicted molar refractivity (Wildman–Crippen MR) is 113 cm³/mol. The molecular formula is C19H19N3O4S2. The molecule has 0 unspecified atom stereocenters. The van der Waals surface area contributed by atoms with Crippen molar-refractivity contribution in [3.05, 3.63) is 67.3 Å². The molecule has 0 radical (unpaired) electrons. The van der Waals surface area contributed by atoms with E-state index in [9.17, 15) is 14.9 Å². The third kappa shape index (κ3) is 3.67. The summed E-state index contributed by atoms with van der Waals surface area (Å²) in [6.07, 6.45) is 1.65. The third-order valence-corrected chi connectivity index (χ3v) is 6.52. The smallest absolute Gasteiger partial charge is 0.270 e. The van der Waals surface area contributed by atoms with Gasteiger partial charge in [-0.1, -0.05) is 17.8 Å². The Morgan fingerprint density at radius 3 is 2.82 bits per heavy atom. The topological polar surface area (TPSA) is 87.3 Å². The first-order chi connectivity index (χ1) is 13.4. The molecule has 0 bridgehead atoms. The molecule has 7 nitrogen and oxygen atoms in total. The lowest BCUT2D eigenvalue weighted by Gasteiger charge is -2.12. The Balaban J connectivity index is 2.04. The van der Waals surface area contributed by atoms with Crippen molar-refractivity contribution in [1.82, 2.24) is 9.55 Å². The number of aromatic nitrogens is 2. The second-order valence-electron chi connectivity index (χ2n) is 6.10. The molecule has 0 saturated carbocycles. The number of rotatable bonds is 7. The molecule has 0 amide bonds. The van der Waals surface area contributed by atoms with Gasteiger partial charge in [-0.2, -0.15) is 0 Å². The Labute approximate surface area is 169 Å². The zero-order valence-electron chi connectivity index (χ0n) is 15.7. The highest BCUT2D eigenvalue weighted by Crippen LogP contribution is 2.32. The second kappa shape index (κ2) is 8.15. The standard InChI is InChI=1S/C19H19N3O4S2/c1-5-8-21-18(23)16-11(2)12(3)28-17(16)20-19(21)27-10-13-9-14(22(24)25)6-7-15(13)26-4/h5-7,9H,1,8,10H2,2-4H3. The maximum atomic E-state index is 13.0. The van der Waals surface area contributed by atoms with Crippen LogP contribution >= 0.6 is 23.1 Å². The predicted octanol–water partition coefficient (Wildman–Crippen LogP) is 4.47. The minimum atomic E-state index is -0.442. The van der Waals surface area contributed by atoms with Gasteiger partial charge in [0.25, 0.3) is 11.2 Å². The highest BCUT2D eigenvalue weighted by Gasteiger charge is 2.18. The Morgan fingerprint density at radius 1 is 1.43 bits per heavy atom. The summed E-state index contributed by atoms with van der Waals surface area (Å²) < 4.78 is 6.91. The number of benzene rings is 1. The summed E-state index contributed by atoms with van der Waals surface area (Å²) >= 11 is 2.83. The van der Waals surface area contributed by atoms with Crippen LogP contribution in [0.3, 0.4) is 0 Å². The molecule has 1 aromatic carbocycles. The van der Waals surface area contributed by atoms with Crippen LogP contribution in [0.2, 0.25) is 0 Å². The first-order valence-electron chi connectivity index (χ1n) is 8.43. The van der Waals surface area contributed by atoms with Crippen molar-refractivity contribution in [1.29, 1.82) is 0 Å². The number of methoxy groups -OCH3 is 1. The van der Waals surface area contributed by atoms with Crippen molar-refractivity contribution in [2.45, 2.75) is 31.3 Å². The SMILES string of the molecule is C=CCn1c(SCc2cc([N+](=O)[O-])ccc2OC)nc2sc(C)c(C)c2c1=O. The molecule has 0 aliphatic carbocycles. The van der Waals surface area contributed by atoms with Gasteiger partial charge in [-0.25, -0.2) is 4.98 Å². The average Bonchev–Trinajstić information content (AvgIpc) is 2.96. The summed E-state index contributed by atoms with van der Waals surface area (Å²) in [5, 5.41) is 12.3. The number of nitro benzene ring substituents is 1. The molecule has 0 fully saturated rings. The van der Waals surface area contributed by atoms with E-state index in [4.69, 9.17) is 4.74 Å². The Kier molecular flexibility index (Phi) is 5.85. The van der Waals surface area contributed by atoms with Crippen molar-refractivity contribution in [3.8, 4) is 5.75 Å². The molecule has 9 heteroatoms. The van der Waals surface area contributed by atoms with E-state index in [1.165, 1.54) is 42.3 Å². The maximum absolute atomic E-state index is 13.0. The summed E-state index contributed by atoms with van der Waals surface area (Å²) in [7, 11) is 1.52. The van der Waals surface area contributed by atoms with E-state index < -0.39 is 4.92 Å². The monoisotopic (exact) mass is 417 g/mol. The molecule has 0 saturated heterocycles. The van der Waals surface area contributed by atoms with E-state index in [0.717, 1.165) is 10.4 Å². The molecule has 0 aliphatic rings. The second-order valence-corrected chi connectivity index (χ2v) is 8.25. The minimum absolute atomic E-state index is 0.00667. The lowest BCUT2D eigenvalue weighted by molar-refractivity contribution is -0.384. The number of aryl methyl sites for hydroxylation is 2. The fourth-order valence-electron chi connectivity index (χ4n) is 2.84. The van der Waals surface area contributed by atoms with Crippen LogP contribution in [0.15, 0.2) is 40.8 Å². The molecule has 0 spiro atoms. The number of hydrogen-bond donors (Lipinski definition) is 0. The van der Waals surface area contributed by atoms with Crippen LogP contribution < -0.4 is 10.3 Å². The van der Waals surface area contributed by atoms with Gasteiger partial charge >= 0.3 is 0 Å². The van der Waals surface area contributed by atoms with E-state index in [1.807, 2.05) is 13.8 Å². The van der Waals surface area contributed by atoms with E-state index in [1.54, 1.807) is 16.7 Å². The number of fused-ring (bicyclic) bond motifs is 1. The molecule has 0 atom stereocenters. The van der Waals surface area contributed by atoms with Crippen LogP contribution in [-0.2, 0) is 12.3 Å². The van der Waals surface area contributed by atoms with Crippen molar-refractivity contribution < 1.29 is 9.66 Å². The van der Waals surface area contributed by atoms with Crippen LogP contribution in [0.1, 0.15) is 16.0 Å². The Bertz CT molecular complexity index is 1130. The lowest BCUT2D eigenvalue weighted by atomic mass is 10.2. The molecular weight excluding hydrogens is 398 g/mol. The Morgan fingerprint density at radius 2 is 2.18 bits per heavy atom. The number of non-ortho nitro benzene ring substituents is 1. The van der Waals surface area contributed by atoms with Crippen molar-refractivity contribution in [2.24, 2.45) is 0 Å². The minimum Gasteiger partial charge on any atom is -0.496 e. The summed E-state index contributed by atoms with van der Waals surface area (Å²) in [5.74, 6) is 0.933. The normalized spacial score (nSPS) is 11.0. The highest BCUT2D eigenvalue weighted by molar-refractivity contribution is 7.98. The summed E-state index contributed by atoms with van der Waals surface area (Å²) in [6.45, 7) is 7.97. The van der Waals surface area contributed by atoms with Gasteiger partial charge in [0.05, 0.1) is 17.4 Å². The van der Waals surface area contributed by atoms with Gasteiger partial charge in [-0.15, -0.1) is 17.9 Å². The van der Waals surface area contributed by atoms with Crippen LogP contribution in [0, 0.1) is 24.0 Å². The third-order valence-electron chi connectivity index (χ3n) is 4.40. The molecule has 0 N–H and O–H groups in total. The van der Waals surface area contributed by atoms with E-state index >= 15 is 0 Å². The van der Waals surface area contributed by atoms with Gasteiger partial charge in [-0.3, -0.25) is 19.5 Å². The zero-order chi connectivity index (χ0) is 20.4. The van der Waals surface area contributed by atoms with Crippen LogP contribution in [0.4, 0.5) is 5.69 Å². The largest absolute Gasteiger partial charge is 0.496 e. The number of nitrogens with zero attached hydrogens (tertiary/aromatic N) is 3. The van der Waals surface area contributed by atoms with E-state index in [0.29, 0.717) is 39.0 Å². The maximum Gasteiger partial charge on any atom is 0.270 e. The molecule has 146 valence electrons. The number of thioether (sulfide) groups is 1. The zero-order valence-corrected chi connectivity index (χ0v) is 17.4. The summed E-state index contributed by atoms with van der Waals surface area (Å²) in [5.41, 5.74) is 1.51. The number of nitro groups is 1. The molecule has 3 aromatic rings. The van der Waals surface area contributed by atoms with Gasteiger partial charge in [0, 0.05) is 34.9 Å². The van der Waals surface area contributed by atoms with Crippen LogP contribution in [0.5, 0.6) is 5.75 Å². The fraction of sp³-hybridized carbons (Fsp3) is 0.263. The van der Waals surface area contributed by atoms with E-state index in [2.05, 4.69) is 11.6 Å². The first-order valence-corrected chi connectivity index (χ1v) is 10.2. The van der Waals surface area contributed by atoms with E-state index in [-0.39, 0.29) is 11.2 Å². The van der Waals surface area contributed by atoms with Gasteiger partial charge < -0.3 is 4.74 Å². The molecule has 0 aliphatic heterocycles. The molecule has 3 rings (SSSR count). The van der Waals surface area contributed by atoms with Gasteiger partial charge in [0.15, 0.2) is 5.16 Å². The summed E-state index contributed by atoms with van der Waals surface area (Å²) in [6, 6.07) is 4.47. The first kappa shape index (κ1) is 20.1. The average molecular weight is 418 g/mol. The van der Waals surface area contributed by atoms with Crippen molar-refractivity contribution in [2.75, 3.05) is 7.11 Å². The van der Waals surface area contributed by atoms with Crippen LogP contribution in [-0.4, -0.2) is 21.6 Å². The Hall–Kier alpha value is -2.65.